The second kappa shape index (κ2) is 12.7. The Labute approximate surface area is 210 Å². The predicted molar refractivity (Wildman–Crippen MR) is 142 cm³/mol. The molecule has 192 valence electrons. The van der Waals surface area contributed by atoms with Crippen molar-refractivity contribution in [3.63, 3.8) is 0 Å². The fourth-order valence-electron chi connectivity index (χ4n) is 3.98. The normalized spacial score (nSPS) is 13.1. The molecule has 1 N–H and O–H groups in total. The van der Waals surface area contributed by atoms with Crippen LogP contribution in [-0.4, -0.2) is 50.0 Å². The third-order valence-corrected chi connectivity index (χ3v) is 7.44. The minimum Gasteiger partial charge on any atom is -0.352 e. The maximum absolute atomic E-state index is 13.8. The van der Waals surface area contributed by atoms with Crippen LogP contribution >= 0.6 is 0 Å². The van der Waals surface area contributed by atoms with Crippen LogP contribution in [0.5, 0.6) is 0 Å². The highest BCUT2D eigenvalue weighted by molar-refractivity contribution is 7.92. The van der Waals surface area contributed by atoms with E-state index in [1.807, 2.05) is 71.0 Å². The first-order chi connectivity index (χ1) is 16.5. The van der Waals surface area contributed by atoms with Crippen molar-refractivity contribution in [1.82, 2.24) is 10.2 Å². The van der Waals surface area contributed by atoms with E-state index in [0.717, 1.165) is 33.7 Å². The molecule has 0 aromatic heterocycles. The van der Waals surface area contributed by atoms with Gasteiger partial charge in [0.1, 0.15) is 12.6 Å². The van der Waals surface area contributed by atoms with Crippen LogP contribution in [-0.2, 0) is 32.6 Å². The molecular weight excluding hydrogens is 462 g/mol. The zero-order valence-electron chi connectivity index (χ0n) is 21.7. The van der Waals surface area contributed by atoms with Gasteiger partial charge in [-0.1, -0.05) is 63.2 Å². The molecule has 7 nitrogen and oxygen atoms in total. The molecule has 2 aromatic rings. The monoisotopic (exact) mass is 501 g/mol. The summed E-state index contributed by atoms with van der Waals surface area (Å²) in [4.78, 5) is 28.5. The first-order valence-corrected chi connectivity index (χ1v) is 14.1. The summed E-state index contributed by atoms with van der Waals surface area (Å²) in [7, 11) is -3.75. The van der Waals surface area contributed by atoms with E-state index in [9.17, 15) is 18.0 Å². The first kappa shape index (κ1) is 28.4. The van der Waals surface area contributed by atoms with Crippen molar-refractivity contribution in [2.45, 2.75) is 72.5 Å². The van der Waals surface area contributed by atoms with Crippen LogP contribution in [0.2, 0.25) is 0 Å². The Morgan fingerprint density at radius 2 is 1.54 bits per heavy atom. The summed E-state index contributed by atoms with van der Waals surface area (Å²) in [6.45, 7) is 9.50. The molecule has 2 amide bonds. The van der Waals surface area contributed by atoms with E-state index in [1.165, 1.54) is 4.90 Å². The number of amides is 2. The van der Waals surface area contributed by atoms with Gasteiger partial charge >= 0.3 is 0 Å². The van der Waals surface area contributed by atoms with Crippen LogP contribution in [0.1, 0.15) is 57.2 Å². The fraction of sp³-hybridized carbons (Fsp3) is 0.481. The molecule has 0 radical (unpaired) electrons. The van der Waals surface area contributed by atoms with Gasteiger partial charge < -0.3 is 10.2 Å². The lowest BCUT2D eigenvalue weighted by Crippen LogP contribution is -2.53. The van der Waals surface area contributed by atoms with Crippen LogP contribution in [0, 0.1) is 6.92 Å². The summed E-state index contributed by atoms with van der Waals surface area (Å²) in [5, 5.41) is 2.99. The summed E-state index contributed by atoms with van der Waals surface area (Å²) in [6.07, 6.45) is 2.90. The number of hydrogen-bond acceptors (Lipinski definition) is 4. The molecule has 0 unspecified atom stereocenters. The Bertz CT molecular complexity index is 1120. The molecule has 2 atom stereocenters. The van der Waals surface area contributed by atoms with Crippen molar-refractivity contribution in [2.24, 2.45) is 0 Å². The number of aryl methyl sites for hydroxylation is 2. The molecule has 35 heavy (non-hydrogen) atoms. The molecule has 0 saturated carbocycles. The number of nitrogens with zero attached hydrogens (tertiary/aromatic N) is 2. The van der Waals surface area contributed by atoms with Crippen molar-refractivity contribution in [1.29, 1.82) is 0 Å². The van der Waals surface area contributed by atoms with Crippen molar-refractivity contribution in [3.8, 4) is 0 Å². The molecule has 8 heteroatoms. The van der Waals surface area contributed by atoms with Crippen molar-refractivity contribution in [3.05, 3.63) is 65.2 Å². The molecule has 0 aliphatic rings. The van der Waals surface area contributed by atoms with Crippen molar-refractivity contribution in [2.75, 3.05) is 17.1 Å². The first-order valence-electron chi connectivity index (χ1n) is 12.2. The fourth-order valence-corrected chi connectivity index (χ4v) is 4.86. The van der Waals surface area contributed by atoms with Gasteiger partial charge in [-0.2, -0.15) is 0 Å². The van der Waals surface area contributed by atoms with Crippen molar-refractivity contribution >= 4 is 27.5 Å². The van der Waals surface area contributed by atoms with Crippen LogP contribution in [0.15, 0.2) is 48.5 Å². The minimum absolute atomic E-state index is 0.0316. The standard InChI is InChI=1S/C27H39N3O4S/c1-7-21(5)28-27(32)24(9-3)29(18-23-16-11-10-14-20(23)4)26(31)19-30(35(6,33)34)25-17-13-12-15-22(25)8-2/h10-17,21,24H,7-9,18-19H2,1-6H3,(H,28,32)/t21-,24-/m0/s1. The Hall–Kier alpha value is -2.87. The number of rotatable bonds is 12. The summed E-state index contributed by atoms with van der Waals surface area (Å²) in [5.41, 5.74) is 3.23. The lowest BCUT2D eigenvalue weighted by atomic mass is 10.1. The molecule has 0 saturated heterocycles. The quantitative estimate of drug-likeness (QED) is 0.475. The summed E-state index contributed by atoms with van der Waals surface area (Å²) < 4.78 is 26.8. The number of benzene rings is 2. The average molecular weight is 502 g/mol. The van der Waals surface area contributed by atoms with E-state index in [0.29, 0.717) is 18.5 Å². The Morgan fingerprint density at radius 1 is 0.943 bits per heavy atom. The number of hydrogen-bond donors (Lipinski definition) is 1. The highest BCUT2D eigenvalue weighted by Crippen LogP contribution is 2.24. The van der Waals surface area contributed by atoms with Gasteiger partial charge in [-0.25, -0.2) is 8.42 Å². The number of carbonyl (C=O) groups excluding carboxylic acids is 2. The Morgan fingerprint density at radius 3 is 2.09 bits per heavy atom. The number of carbonyl (C=O) groups is 2. The van der Waals surface area contributed by atoms with Gasteiger partial charge in [-0.05, 0) is 55.9 Å². The predicted octanol–water partition coefficient (Wildman–Crippen LogP) is 4.05. The number of para-hydroxylation sites is 1. The molecule has 2 rings (SSSR count). The third kappa shape index (κ3) is 7.56. The number of nitrogens with one attached hydrogen (secondary N) is 1. The molecule has 0 spiro atoms. The van der Waals surface area contributed by atoms with E-state index in [1.54, 1.807) is 12.1 Å². The zero-order valence-corrected chi connectivity index (χ0v) is 22.6. The van der Waals surface area contributed by atoms with Crippen LogP contribution in [0.3, 0.4) is 0 Å². The second-order valence-electron chi connectivity index (χ2n) is 8.94. The van der Waals surface area contributed by atoms with Crippen LogP contribution in [0.4, 0.5) is 5.69 Å². The van der Waals surface area contributed by atoms with Crippen LogP contribution in [0.25, 0.3) is 0 Å². The van der Waals surface area contributed by atoms with Gasteiger partial charge in [0.15, 0.2) is 0 Å². The van der Waals surface area contributed by atoms with E-state index in [4.69, 9.17) is 0 Å². The minimum atomic E-state index is -3.75. The smallest absolute Gasteiger partial charge is 0.244 e. The molecule has 0 fully saturated rings. The molecule has 0 aliphatic heterocycles. The second-order valence-corrected chi connectivity index (χ2v) is 10.8. The highest BCUT2D eigenvalue weighted by atomic mass is 32.2. The van der Waals surface area contributed by atoms with Gasteiger partial charge in [0.2, 0.25) is 21.8 Å². The van der Waals surface area contributed by atoms with Gasteiger partial charge in [0.25, 0.3) is 0 Å². The largest absolute Gasteiger partial charge is 0.352 e. The van der Waals surface area contributed by atoms with E-state index >= 15 is 0 Å². The third-order valence-electron chi connectivity index (χ3n) is 6.31. The Kier molecular flexibility index (Phi) is 10.3. The van der Waals surface area contributed by atoms with Gasteiger partial charge in [-0.3, -0.25) is 13.9 Å². The average Bonchev–Trinajstić information content (AvgIpc) is 2.82. The zero-order chi connectivity index (χ0) is 26.2. The number of anilines is 1. The summed E-state index contributed by atoms with van der Waals surface area (Å²) in [5.74, 6) is -0.653. The van der Waals surface area contributed by atoms with E-state index in [2.05, 4.69) is 5.32 Å². The number of sulfonamides is 1. The molecule has 0 heterocycles. The maximum atomic E-state index is 13.8. The van der Waals surface area contributed by atoms with Gasteiger partial charge in [0.05, 0.1) is 11.9 Å². The molecule has 2 aromatic carbocycles. The van der Waals surface area contributed by atoms with E-state index < -0.39 is 22.0 Å². The van der Waals surface area contributed by atoms with Gasteiger partial charge in [0, 0.05) is 12.6 Å². The van der Waals surface area contributed by atoms with Crippen LogP contribution < -0.4 is 9.62 Å². The topological polar surface area (TPSA) is 86.8 Å². The highest BCUT2D eigenvalue weighted by Gasteiger charge is 2.32. The van der Waals surface area contributed by atoms with E-state index in [-0.39, 0.29) is 25.0 Å². The summed E-state index contributed by atoms with van der Waals surface area (Å²) in [6, 6.07) is 14.1. The maximum Gasteiger partial charge on any atom is 0.244 e. The lowest BCUT2D eigenvalue weighted by Gasteiger charge is -2.34. The lowest BCUT2D eigenvalue weighted by molar-refractivity contribution is -0.140. The molecular formula is C27H39N3O4S. The molecule has 0 aliphatic carbocycles. The molecule has 0 bridgehead atoms. The van der Waals surface area contributed by atoms with Crippen molar-refractivity contribution < 1.29 is 18.0 Å². The summed E-state index contributed by atoms with van der Waals surface area (Å²) >= 11 is 0. The SMILES string of the molecule is CCc1ccccc1N(CC(=O)N(Cc1ccccc1C)[C@@H](CC)C(=O)N[C@@H](C)CC)S(C)(=O)=O. The van der Waals surface area contributed by atoms with Gasteiger partial charge in [-0.15, -0.1) is 0 Å². The Balaban J connectivity index is 2.49.